The lowest BCUT2D eigenvalue weighted by Crippen LogP contribution is -2.39. The van der Waals surface area contributed by atoms with Crippen LogP contribution in [0.15, 0.2) is 228 Å². The van der Waals surface area contributed by atoms with E-state index in [9.17, 15) is 0 Å². The average molecular weight is 789 g/mol. The van der Waals surface area contributed by atoms with Gasteiger partial charge in [-0.2, -0.15) is 0 Å². The van der Waals surface area contributed by atoms with Crippen molar-refractivity contribution in [2.24, 2.45) is 17.8 Å². The minimum Gasteiger partial charge on any atom is -0.0873 e. The summed E-state index contributed by atoms with van der Waals surface area (Å²) in [5, 5.41) is 1.65. The van der Waals surface area contributed by atoms with Crippen molar-refractivity contribution >= 4 is 13.6 Å². The molecule has 0 saturated carbocycles. The Labute approximate surface area is 357 Å². The second-order valence-corrected chi connectivity index (χ2v) is 23.2. The summed E-state index contributed by atoms with van der Waals surface area (Å²) in [5.74, 6) is 1.62. The highest BCUT2D eigenvalue weighted by molar-refractivity contribution is 6.88. The molecule has 1 saturated heterocycles. The van der Waals surface area contributed by atoms with Gasteiger partial charge in [-0.1, -0.05) is 232 Å². The predicted octanol–water partition coefficient (Wildman–Crippen LogP) is 15.1. The van der Waals surface area contributed by atoms with E-state index in [0.29, 0.717) is 23.3 Å². The van der Waals surface area contributed by atoms with Crippen LogP contribution in [0.25, 0.3) is 27.8 Å². The van der Waals surface area contributed by atoms with Crippen LogP contribution in [-0.2, 0) is 5.41 Å². The van der Waals surface area contributed by atoms with E-state index in [1.807, 2.05) is 0 Å². The second-order valence-electron chi connectivity index (χ2n) is 18.5. The number of hydrogen-bond donors (Lipinski definition) is 0. The lowest BCUT2D eigenvalue weighted by molar-refractivity contribution is 0.458. The summed E-state index contributed by atoms with van der Waals surface area (Å²) in [5.41, 5.74) is 18.2. The molecule has 1 fully saturated rings. The summed E-state index contributed by atoms with van der Waals surface area (Å²) in [7, 11) is -1.97. The predicted molar refractivity (Wildman–Crippen MR) is 255 cm³/mol. The highest BCUT2D eigenvalue weighted by atomic mass is 28.3. The molecule has 5 aliphatic rings. The molecule has 0 amide bonds. The summed E-state index contributed by atoms with van der Waals surface area (Å²) in [6, 6.07) is 61.0. The molecule has 1 heteroatoms. The summed E-state index contributed by atoms with van der Waals surface area (Å²) in [6.07, 6.45) is 20.6. The van der Waals surface area contributed by atoms with Gasteiger partial charge in [0.05, 0.1) is 8.07 Å². The van der Waals surface area contributed by atoms with E-state index in [0.717, 1.165) is 6.42 Å². The quantitative estimate of drug-likeness (QED) is 0.116. The molecule has 292 valence electrons. The molecule has 0 N–H and O–H groups in total. The molecule has 0 spiro atoms. The molecule has 6 aromatic rings. The fraction of sp³-hybridized carbons (Fsp3) is 0.186. The van der Waals surface area contributed by atoms with Crippen LogP contribution in [0, 0.1) is 17.8 Å². The number of rotatable bonds is 6. The maximum absolute atomic E-state index is 2.76. The van der Waals surface area contributed by atoms with Gasteiger partial charge in [-0.25, -0.2) is 0 Å². The topological polar surface area (TPSA) is 0 Å². The normalized spacial score (nSPS) is 25.9. The van der Waals surface area contributed by atoms with Crippen LogP contribution in [0.3, 0.4) is 0 Å². The number of benzene rings is 6. The Kier molecular flexibility index (Phi) is 9.01. The van der Waals surface area contributed by atoms with Crippen LogP contribution >= 0.6 is 0 Å². The van der Waals surface area contributed by atoms with Crippen molar-refractivity contribution in [3.8, 4) is 22.3 Å². The van der Waals surface area contributed by atoms with Gasteiger partial charge in [0.15, 0.2) is 0 Å². The van der Waals surface area contributed by atoms with E-state index >= 15 is 0 Å². The highest BCUT2D eigenvalue weighted by Crippen LogP contribution is 2.61. The minimum atomic E-state index is -1.97. The summed E-state index contributed by atoms with van der Waals surface area (Å²) < 4.78 is 0. The Morgan fingerprint density at radius 3 is 1.85 bits per heavy atom. The molecule has 11 rings (SSSR count). The molecule has 0 nitrogen and oxygen atoms in total. The molecule has 1 aliphatic heterocycles. The van der Waals surface area contributed by atoms with Gasteiger partial charge in [-0.3, -0.25) is 0 Å². The van der Waals surface area contributed by atoms with E-state index in [1.54, 1.807) is 10.8 Å². The number of hydrogen-bond acceptors (Lipinski definition) is 0. The molecule has 6 atom stereocenters. The first kappa shape index (κ1) is 37.0. The Morgan fingerprint density at radius 1 is 0.583 bits per heavy atom. The molecule has 4 unspecified atom stereocenters. The fourth-order valence-electron chi connectivity index (χ4n) is 11.7. The molecule has 60 heavy (non-hydrogen) atoms. The molecule has 0 bridgehead atoms. The standard InChI is InChI=1S/C59H52Si/c1-59(49-33-30-44(31-34-49)41-18-9-5-10-19-41)54-25-14-13-24-51(54)58(45-28-26-43(27-29-45)40-16-7-4-8-17-40)53-39-57-52(38-55(53)59)50-35-32-48(37-56(50)60(57,2)3)47-23-15-22-46(36-47)42-20-11-6-12-21-42/h4-21,23-35,37-39,46-47,50,55-56H,22,36H2,1-3H3/t46?,47?,50?,55-,56?,59+/m1/s1. The number of allylic oxidation sites excluding steroid dienone is 11. The van der Waals surface area contributed by atoms with Gasteiger partial charge in [0.1, 0.15) is 0 Å². The third kappa shape index (κ3) is 6.00. The van der Waals surface area contributed by atoms with Crippen LogP contribution in [0.1, 0.15) is 53.5 Å². The largest absolute Gasteiger partial charge is 0.0887 e. The van der Waals surface area contributed by atoms with Crippen molar-refractivity contribution < 1.29 is 0 Å². The average Bonchev–Trinajstić information content (AvgIpc) is 3.54. The van der Waals surface area contributed by atoms with Crippen molar-refractivity contribution in [1.82, 2.24) is 0 Å². The Bertz CT molecular complexity index is 2780. The fourth-order valence-corrected chi connectivity index (χ4v) is 15.4. The van der Waals surface area contributed by atoms with E-state index in [1.165, 1.54) is 73.2 Å². The second kappa shape index (κ2) is 14.6. The van der Waals surface area contributed by atoms with Gasteiger partial charge in [0.25, 0.3) is 0 Å². The summed E-state index contributed by atoms with van der Waals surface area (Å²) in [4.78, 5) is 0. The maximum atomic E-state index is 2.76. The lowest BCUT2D eigenvalue weighted by atomic mass is 9.57. The van der Waals surface area contributed by atoms with E-state index in [4.69, 9.17) is 0 Å². The molecule has 4 aliphatic carbocycles. The van der Waals surface area contributed by atoms with Crippen LogP contribution in [0.5, 0.6) is 0 Å². The zero-order valence-electron chi connectivity index (χ0n) is 34.9. The van der Waals surface area contributed by atoms with Crippen molar-refractivity contribution in [2.75, 3.05) is 0 Å². The van der Waals surface area contributed by atoms with Gasteiger partial charge >= 0.3 is 0 Å². The molecule has 1 heterocycles. The van der Waals surface area contributed by atoms with Crippen molar-refractivity contribution in [3.63, 3.8) is 0 Å². The minimum absolute atomic E-state index is 0.174. The molecule has 6 aromatic carbocycles. The van der Waals surface area contributed by atoms with Crippen LogP contribution in [0.2, 0.25) is 18.6 Å². The first-order valence-corrected chi connectivity index (χ1v) is 25.2. The van der Waals surface area contributed by atoms with Gasteiger partial charge in [0, 0.05) is 23.2 Å². The zero-order valence-corrected chi connectivity index (χ0v) is 35.9. The first-order valence-electron chi connectivity index (χ1n) is 22.1. The third-order valence-corrected chi connectivity index (χ3v) is 19.0. The smallest absolute Gasteiger partial charge is 0.0873 e. The highest BCUT2D eigenvalue weighted by Gasteiger charge is 2.54. The zero-order chi connectivity index (χ0) is 40.4. The van der Waals surface area contributed by atoms with Crippen molar-refractivity contribution in [2.45, 2.75) is 49.7 Å². The number of fused-ring (bicyclic) bond motifs is 5. The lowest BCUT2D eigenvalue weighted by Gasteiger charge is -2.46. The summed E-state index contributed by atoms with van der Waals surface area (Å²) in [6.45, 7) is 7.84. The van der Waals surface area contributed by atoms with Crippen LogP contribution in [-0.4, -0.2) is 8.07 Å². The van der Waals surface area contributed by atoms with E-state index < -0.39 is 8.07 Å². The Hall–Kier alpha value is -6.02. The maximum Gasteiger partial charge on any atom is 0.0887 e. The Morgan fingerprint density at radius 2 is 1.17 bits per heavy atom. The van der Waals surface area contributed by atoms with E-state index in [-0.39, 0.29) is 11.3 Å². The molecule has 0 aromatic heterocycles. The van der Waals surface area contributed by atoms with Gasteiger partial charge < -0.3 is 0 Å². The van der Waals surface area contributed by atoms with Crippen molar-refractivity contribution in [3.05, 3.63) is 256 Å². The Balaban J connectivity index is 1.05. The molecular weight excluding hydrogens is 737 g/mol. The first-order chi connectivity index (χ1) is 29.4. The molecule has 0 radical (unpaired) electrons. The van der Waals surface area contributed by atoms with Gasteiger partial charge in [-0.15, -0.1) is 0 Å². The van der Waals surface area contributed by atoms with E-state index in [2.05, 4.69) is 226 Å². The van der Waals surface area contributed by atoms with Gasteiger partial charge in [-0.05, 0) is 96.7 Å². The molecular formula is C59H52Si. The monoisotopic (exact) mass is 788 g/mol. The SMILES string of the molecule is C[C@]1(c2ccc(-c3ccccc3)cc2)c2ccccc2C(c2ccc(-c3ccccc3)cc2)=C2C=C3C(=C[C@H]21)C1C=CC(C2C=CCC(c4ccccc4)C2)=CC1[Si]3(C)C. The third-order valence-electron chi connectivity index (χ3n) is 15.0. The van der Waals surface area contributed by atoms with Crippen LogP contribution in [0.4, 0.5) is 0 Å². The van der Waals surface area contributed by atoms with Gasteiger partial charge in [0.2, 0.25) is 0 Å². The van der Waals surface area contributed by atoms with Crippen LogP contribution < -0.4 is 0 Å². The summed E-state index contributed by atoms with van der Waals surface area (Å²) >= 11 is 0. The van der Waals surface area contributed by atoms with Crippen molar-refractivity contribution in [1.29, 1.82) is 0 Å².